The highest BCUT2D eigenvalue weighted by atomic mass is 19.1. The number of likely N-dealkylation sites (tertiary alicyclic amines) is 2. The van der Waals surface area contributed by atoms with Crippen LogP contribution in [0.2, 0.25) is 0 Å². The minimum atomic E-state index is -0.300. The highest BCUT2D eigenvalue weighted by molar-refractivity contribution is 5.95. The number of nitrogens with zero attached hydrogens (tertiary/aromatic N) is 3. The second kappa shape index (κ2) is 9.56. The third-order valence-corrected chi connectivity index (χ3v) is 6.19. The quantitative estimate of drug-likeness (QED) is 0.773. The molecule has 0 unspecified atom stereocenters. The molecule has 2 fully saturated rings. The van der Waals surface area contributed by atoms with E-state index in [1.165, 1.54) is 25.0 Å². The van der Waals surface area contributed by atoms with Crippen molar-refractivity contribution in [2.45, 2.75) is 45.2 Å². The summed E-state index contributed by atoms with van der Waals surface area (Å²) in [5, 5.41) is 2.86. The Kier molecular flexibility index (Phi) is 6.61. The number of pyridine rings is 1. The molecular weight excluding hydrogens is 395 g/mol. The van der Waals surface area contributed by atoms with Crippen LogP contribution in [0, 0.1) is 12.7 Å². The van der Waals surface area contributed by atoms with Crippen molar-refractivity contribution in [1.82, 2.24) is 20.1 Å². The van der Waals surface area contributed by atoms with Crippen LogP contribution < -0.4 is 5.32 Å². The van der Waals surface area contributed by atoms with Crippen molar-refractivity contribution in [2.24, 2.45) is 0 Å². The van der Waals surface area contributed by atoms with Crippen LogP contribution in [-0.2, 0) is 11.3 Å². The second-order valence-corrected chi connectivity index (χ2v) is 8.41. The maximum Gasteiger partial charge on any atom is 0.253 e. The van der Waals surface area contributed by atoms with E-state index in [9.17, 15) is 14.0 Å². The molecule has 2 aromatic rings. The molecule has 1 aromatic carbocycles. The first-order valence-electron chi connectivity index (χ1n) is 11.0. The number of rotatable bonds is 6. The minimum absolute atomic E-state index is 0.0230. The molecular formula is C24H29FN4O2. The van der Waals surface area contributed by atoms with E-state index in [2.05, 4.69) is 15.2 Å². The van der Waals surface area contributed by atoms with Gasteiger partial charge in [-0.25, -0.2) is 4.39 Å². The van der Waals surface area contributed by atoms with Crippen LogP contribution in [0.25, 0.3) is 0 Å². The number of carbonyl (C=O) groups excluding carboxylic acids is 2. The van der Waals surface area contributed by atoms with Gasteiger partial charge < -0.3 is 10.2 Å². The Bertz CT molecular complexity index is 941. The Labute approximate surface area is 182 Å². The average molecular weight is 425 g/mol. The van der Waals surface area contributed by atoms with Crippen molar-refractivity contribution < 1.29 is 14.0 Å². The van der Waals surface area contributed by atoms with E-state index in [0.29, 0.717) is 24.3 Å². The molecule has 0 bridgehead atoms. The van der Waals surface area contributed by atoms with Gasteiger partial charge in [0.25, 0.3) is 5.91 Å². The average Bonchev–Trinajstić information content (AvgIpc) is 3.45. The molecule has 0 aliphatic carbocycles. The lowest BCUT2D eigenvalue weighted by atomic mass is 10.1. The van der Waals surface area contributed by atoms with E-state index in [-0.39, 0.29) is 23.7 Å². The monoisotopic (exact) mass is 424 g/mol. The number of hydrogen-bond acceptors (Lipinski definition) is 4. The van der Waals surface area contributed by atoms with Crippen molar-refractivity contribution in [3.8, 4) is 0 Å². The number of benzene rings is 1. The van der Waals surface area contributed by atoms with Gasteiger partial charge in [0, 0.05) is 13.1 Å². The fraction of sp³-hybridized carbons (Fsp3) is 0.458. The summed E-state index contributed by atoms with van der Waals surface area (Å²) in [6.45, 7) is 5.40. The SMILES string of the molecule is Cc1nc([C@H]2CCCN2C(=O)CN2CCCC2)ccc1C(=O)NCc1ccc(F)cc1. The van der Waals surface area contributed by atoms with Gasteiger partial charge in [-0.2, -0.15) is 0 Å². The van der Waals surface area contributed by atoms with Crippen molar-refractivity contribution in [1.29, 1.82) is 0 Å². The standard InChI is InChI=1S/C24H29FN4O2/c1-17-20(24(31)26-15-18-6-8-19(25)9-7-18)10-11-21(27-17)22-5-4-14-29(22)23(30)16-28-12-2-3-13-28/h6-11,22H,2-5,12-16H2,1H3,(H,26,31)/t22-/m1/s1. The van der Waals surface area contributed by atoms with E-state index in [4.69, 9.17) is 0 Å². The van der Waals surface area contributed by atoms with E-state index in [1.807, 2.05) is 17.9 Å². The van der Waals surface area contributed by atoms with Crippen molar-refractivity contribution >= 4 is 11.8 Å². The lowest BCUT2D eigenvalue weighted by Crippen LogP contribution is -2.39. The van der Waals surface area contributed by atoms with Crippen LogP contribution in [0.3, 0.4) is 0 Å². The molecule has 0 spiro atoms. The highest BCUT2D eigenvalue weighted by Gasteiger charge is 2.32. The lowest BCUT2D eigenvalue weighted by Gasteiger charge is -2.27. The zero-order chi connectivity index (χ0) is 21.8. The van der Waals surface area contributed by atoms with E-state index < -0.39 is 0 Å². The van der Waals surface area contributed by atoms with Crippen LogP contribution in [0.4, 0.5) is 4.39 Å². The Morgan fingerprint density at radius 2 is 1.81 bits per heavy atom. The number of aryl methyl sites for hydroxylation is 1. The molecule has 3 heterocycles. The predicted molar refractivity (Wildman–Crippen MR) is 116 cm³/mol. The normalized spacial score (nSPS) is 19.0. The number of amides is 2. The molecule has 6 nitrogen and oxygen atoms in total. The molecule has 1 atom stereocenters. The van der Waals surface area contributed by atoms with Crippen molar-refractivity contribution in [3.05, 3.63) is 64.7 Å². The summed E-state index contributed by atoms with van der Waals surface area (Å²) in [5.41, 5.74) is 2.83. The number of hydrogen-bond donors (Lipinski definition) is 1. The maximum absolute atomic E-state index is 13.0. The van der Waals surface area contributed by atoms with E-state index >= 15 is 0 Å². The highest BCUT2D eigenvalue weighted by Crippen LogP contribution is 2.31. The maximum atomic E-state index is 13.0. The number of nitrogens with one attached hydrogen (secondary N) is 1. The Hall–Kier alpha value is -2.80. The second-order valence-electron chi connectivity index (χ2n) is 8.41. The molecule has 4 rings (SSSR count). The molecule has 0 radical (unpaired) electrons. The van der Waals surface area contributed by atoms with Gasteiger partial charge >= 0.3 is 0 Å². The first-order chi connectivity index (χ1) is 15.0. The third-order valence-electron chi connectivity index (χ3n) is 6.19. The molecule has 1 N–H and O–H groups in total. The third kappa shape index (κ3) is 5.10. The number of halogens is 1. The van der Waals surface area contributed by atoms with Gasteiger partial charge in [0.1, 0.15) is 5.82 Å². The van der Waals surface area contributed by atoms with E-state index in [0.717, 1.165) is 43.7 Å². The summed E-state index contributed by atoms with van der Waals surface area (Å²) < 4.78 is 13.0. The molecule has 2 amide bonds. The summed E-state index contributed by atoms with van der Waals surface area (Å²) in [6, 6.07) is 9.69. The van der Waals surface area contributed by atoms with Gasteiger partial charge in [-0.3, -0.25) is 19.5 Å². The van der Waals surface area contributed by atoms with Crippen LogP contribution in [0.15, 0.2) is 36.4 Å². The summed E-state index contributed by atoms with van der Waals surface area (Å²) >= 11 is 0. The Morgan fingerprint density at radius 3 is 2.52 bits per heavy atom. The molecule has 31 heavy (non-hydrogen) atoms. The fourth-order valence-corrected chi connectivity index (χ4v) is 4.48. The van der Waals surface area contributed by atoms with Gasteiger partial charge in [0.05, 0.1) is 29.5 Å². The molecule has 7 heteroatoms. The first kappa shape index (κ1) is 21.4. The van der Waals surface area contributed by atoms with Crippen LogP contribution in [0.5, 0.6) is 0 Å². The molecule has 0 saturated carbocycles. The molecule has 164 valence electrons. The van der Waals surface area contributed by atoms with Gasteiger partial charge in [0.2, 0.25) is 5.91 Å². The molecule has 1 aromatic heterocycles. The summed E-state index contributed by atoms with van der Waals surface area (Å²) in [6.07, 6.45) is 4.20. The minimum Gasteiger partial charge on any atom is -0.348 e. The summed E-state index contributed by atoms with van der Waals surface area (Å²) in [5.74, 6) is -0.343. The van der Waals surface area contributed by atoms with Crippen molar-refractivity contribution in [3.63, 3.8) is 0 Å². The Balaban J connectivity index is 1.40. The molecule has 2 aliphatic rings. The topological polar surface area (TPSA) is 65.5 Å². The predicted octanol–water partition coefficient (Wildman–Crippen LogP) is 3.22. The van der Waals surface area contributed by atoms with Crippen molar-refractivity contribution in [2.75, 3.05) is 26.2 Å². The van der Waals surface area contributed by atoms with Gasteiger partial charge in [-0.15, -0.1) is 0 Å². The zero-order valence-electron chi connectivity index (χ0n) is 17.9. The zero-order valence-corrected chi connectivity index (χ0v) is 17.9. The van der Waals surface area contributed by atoms with Crippen LogP contribution >= 0.6 is 0 Å². The Morgan fingerprint density at radius 1 is 1.06 bits per heavy atom. The molecule has 2 aliphatic heterocycles. The summed E-state index contributed by atoms with van der Waals surface area (Å²) in [7, 11) is 0. The van der Waals surface area contributed by atoms with Gasteiger partial charge in [-0.05, 0) is 75.5 Å². The summed E-state index contributed by atoms with van der Waals surface area (Å²) in [4.78, 5) is 34.3. The van der Waals surface area contributed by atoms with Crippen LogP contribution in [-0.4, -0.2) is 52.8 Å². The number of aromatic nitrogens is 1. The van der Waals surface area contributed by atoms with Gasteiger partial charge in [0.15, 0.2) is 0 Å². The molecule has 2 saturated heterocycles. The largest absolute Gasteiger partial charge is 0.348 e. The van der Waals surface area contributed by atoms with Gasteiger partial charge in [-0.1, -0.05) is 12.1 Å². The lowest BCUT2D eigenvalue weighted by molar-refractivity contribution is -0.133. The fourth-order valence-electron chi connectivity index (χ4n) is 4.48. The van der Waals surface area contributed by atoms with Crippen LogP contribution in [0.1, 0.15) is 59.0 Å². The first-order valence-corrected chi connectivity index (χ1v) is 11.0. The number of carbonyl (C=O) groups is 2. The smallest absolute Gasteiger partial charge is 0.253 e. The van der Waals surface area contributed by atoms with E-state index in [1.54, 1.807) is 18.2 Å².